The number of carbonyl (C=O) groups excluding carboxylic acids is 1. The number of aliphatic hydroxyl groups is 1. The largest absolute Gasteiger partial charge is 0.394 e. The Hall–Kier alpha value is -2.40. The fraction of sp³-hybridized carbons (Fsp3) is 0.125. The number of amides is 1. The summed E-state index contributed by atoms with van der Waals surface area (Å²) >= 11 is 9.44. The zero-order valence-electron chi connectivity index (χ0n) is 13.6. The standard InChI is InChI=1S/C16H13BrClFN4O4/c17-7-1-2-11(10(18)5-7)21-13-8(16(25)23-26-4-3-24)6-9-14(12(13)19)27-22-15(9)20/h1-2,5-6,21,24H,3-4H2,(H2,20,22)(H,23,25). The lowest BCUT2D eigenvalue weighted by Crippen LogP contribution is -2.26. The van der Waals surface area contributed by atoms with Crippen LogP contribution in [0.3, 0.4) is 0 Å². The molecule has 142 valence electrons. The highest BCUT2D eigenvalue weighted by atomic mass is 79.9. The number of nitrogen functional groups attached to an aromatic ring is 1. The Balaban J connectivity index is 2.09. The van der Waals surface area contributed by atoms with Gasteiger partial charge in [-0.1, -0.05) is 32.7 Å². The Morgan fingerprint density at radius 3 is 2.93 bits per heavy atom. The van der Waals surface area contributed by atoms with Gasteiger partial charge in [0.05, 0.1) is 40.6 Å². The zero-order valence-corrected chi connectivity index (χ0v) is 15.9. The molecule has 8 nitrogen and oxygen atoms in total. The maximum Gasteiger partial charge on any atom is 0.277 e. The molecule has 0 saturated heterocycles. The number of aromatic nitrogens is 1. The molecule has 11 heteroatoms. The van der Waals surface area contributed by atoms with E-state index in [9.17, 15) is 4.79 Å². The van der Waals surface area contributed by atoms with E-state index in [2.05, 4.69) is 31.9 Å². The van der Waals surface area contributed by atoms with Gasteiger partial charge in [-0.15, -0.1) is 0 Å². The zero-order chi connectivity index (χ0) is 19.6. The molecule has 0 fully saturated rings. The maximum absolute atomic E-state index is 15.0. The van der Waals surface area contributed by atoms with Crippen molar-refractivity contribution < 1.29 is 23.7 Å². The van der Waals surface area contributed by atoms with Gasteiger partial charge in [0.1, 0.15) is 0 Å². The fourth-order valence-electron chi connectivity index (χ4n) is 2.30. The molecular weight excluding hydrogens is 447 g/mol. The number of hydrogen-bond donors (Lipinski definition) is 4. The van der Waals surface area contributed by atoms with Gasteiger partial charge in [0.25, 0.3) is 5.91 Å². The summed E-state index contributed by atoms with van der Waals surface area (Å²) in [5, 5.41) is 15.5. The van der Waals surface area contributed by atoms with Gasteiger partial charge in [0.15, 0.2) is 11.6 Å². The number of halogens is 3. The van der Waals surface area contributed by atoms with E-state index in [1.165, 1.54) is 6.07 Å². The summed E-state index contributed by atoms with van der Waals surface area (Å²) in [4.78, 5) is 17.2. The molecule has 0 bridgehead atoms. The first-order chi connectivity index (χ1) is 12.9. The predicted molar refractivity (Wildman–Crippen MR) is 101 cm³/mol. The van der Waals surface area contributed by atoms with Crippen molar-refractivity contribution in [3.63, 3.8) is 0 Å². The number of nitrogens with one attached hydrogen (secondary N) is 2. The average Bonchev–Trinajstić information content (AvgIpc) is 3.00. The van der Waals surface area contributed by atoms with Crippen LogP contribution in [0.5, 0.6) is 0 Å². The predicted octanol–water partition coefficient (Wildman–Crippen LogP) is 3.36. The van der Waals surface area contributed by atoms with Gasteiger partial charge in [-0.05, 0) is 24.3 Å². The fourth-order valence-corrected chi connectivity index (χ4v) is 3.02. The minimum Gasteiger partial charge on any atom is -0.394 e. The van der Waals surface area contributed by atoms with Crippen molar-refractivity contribution in [1.82, 2.24) is 10.6 Å². The number of nitrogens with two attached hydrogens (primary N) is 1. The first-order valence-corrected chi connectivity index (χ1v) is 8.72. The lowest BCUT2D eigenvalue weighted by atomic mass is 10.1. The maximum atomic E-state index is 15.0. The first kappa shape index (κ1) is 19.4. The Kier molecular flexibility index (Phi) is 5.80. The van der Waals surface area contributed by atoms with Crippen LogP contribution in [0.25, 0.3) is 11.0 Å². The highest BCUT2D eigenvalue weighted by Crippen LogP contribution is 2.36. The molecule has 2 aromatic carbocycles. The van der Waals surface area contributed by atoms with Gasteiger partial charge in [-0.2, -0.15) is 0 Å². The van der Waals surface area contributed by atoms with Crippen LogP contribution in [-0.4, -0.2) is 29.4 Å². The molecule has 0 atom stereocenters. The number of anilines is 3. The second-order valence-electron chi connectivity index (χ2n) is 5.31. The van der Waals surface area contributed by atoms with Gasteiger partial charge >= 0.3 is 0 Å². The summed E-state index contributed by atoms with van der Waals surface area (Å²) < 4.78 is 20.7. The topological polar surface area (TPSA) is 123 Å². The third-order valence-electron chi connectivity index (χ3n) is 3.53. The van der Waals surface area contributed by atoms with Crippen molar-refractivity contribution in [1.29, 1.82) is 0 Å². The molecule has 5 N–H and O–H groups in total. The molecule has 0 aliphatic carbocycles. The molecule has 0 radical (unpaired) electrons. The Morgan fingerprint density at radius 2 is 2.22 bits per heavy atom. The Labute approximate surface area is 165 Å². The van der Waals surface area contributed by atoms with Gasteiger partial charge < -0.3 is 20.7 Å². The van der Waals surface area contributed by atoms with E-state index in [0.29, 0.717) is 10.7 Å². The van der Waals surface area contributed by atoms with Crippen LogP contribution >= 0.6 is 27.5 Å². The minimum absolute atomic E-state index is 0.0672. The molecule has 0 spiro atoms. The number of aliphatic hydroxyl groups excluding tert-OH is 1. The van der Waals surface area contributed by atoms with E-state index in [1.54, 1.807) is 18.2 Å². The molecule has 0 saturated carbocycles. The summed E-state index contributed by atoms with van der Waals surface area (Å²) in [6.07, 6.45) is 0. The first-order valence-electron chi connectivity index (χ1n) is 7.54. The quantitative estimate of drug-likeness (QED) is 0.329. The molecule has 3 rings (SSSR count). The second kappa shape index (κ2) is 8.09. The molecule has 0 aliphatic heterocycles. The normalized spacial score (nSPS) is 11.0. The molecule has 1 amide bonds. The van der Waals surface area contributed by atoms with E-state index < -0.39 is 11.7 Å². The van der Waals surface area contributed by atoms with Crippen LogP contribution in [0, 0.1) is 5.82 Å². The molecule has 1 aromatic heterocycles. The molecular formula is C16H13BrClFN4O4. The number of benzene rings is 2. The molecule has 0 aliphatic rings. The van der Waals surface area contributed by atoms with E-state index in [4.69, 9.17) is 31.8 Å². The number of rotatable bonds is 6. The number of carbonyl (C=O) groups is 1. The van der Waals surface area contributed by atoms with Crippen molar-refractivity contribution in [3.05, 3.63) is 45.1 Å². The van der Waals surface area contributed by atoms with Crippen molar-refractivity contribution >= 4 is 61.6 Å². The lowest BCUT2D eigenvalue weighted by Gasteiger charge is -2.14. The van der Waals surface area contributed by atoms with Gasteiger partial charge in [0.2, 0.25) is 5.58 Å². The highest BCUT2D eigenvalue weighted by Gasteiger charge is 2.24. The summed E-state index contributed by atoms with van der Waals surface area (Å²) in [5.41, 5.74) is 7.61. The molecule has 27 heavy (non-hydrogen) atoms. The van der Waals surface area contributed by atoms with E-state index in [1.807, 2.05) is 0 Å². The number of hydrogen-bond acceptors (Lipinski definition) is 7. The van der Waals surface area contributed by atoms with Crippen molar-refractivity contribution in [3.8, 4) is 0 Å². The van der Waals surface area contributed by atoms with E-state index in [-0.39, 0.29) is 41.3 Å². The smallest absolute Gasteiger partial charge is 0.277 e. The van der Waals surface area contributed by atoms with Crippen LogP contribution in [-0.2, 0) is 4.84 Å². The summed E-state index contributed by atoms with van der Waals surface area (Å²) in [7, 11) is 0. The monoisotopic (exact) mass is 458 g/mol. The second-order valence-corrected chi connectivity index (χ2v) is 6.63. The van der Waals surface area contributed by atoms with E-state index >= 15 is 4.39 Å². The van der Waals surface area contributed by atoms with Crippen LogP contribution in [0.1, 0.15) is 10.4 Å². The van der Waals surface area contributed by atoms with Gasteiger partial charge in [-0.3, -0.25) is 9.63 Å². The van der Waals surface area contributed by atoms with E-state index in [0.717, 1.165) is 4.47 Å². The molecule has 3 aromatic rings. The van der Waals surface area contributed by atoms with Gasteiger partial charge in [-0.25, -0.2) is 9.87 Å². The van der Waals surface area contributed by atoms with Crippen LogP contribution in [0.2, 0.25) is 5.02 Å². The third-order valence-corrected chi connectivity index (χ3v) is 4.33. The van der Waals surface area contributed by atoms with Crippen LogP contribution < -0.4 is 16.5 Å². The number of hydroxylamine groups is 1. The lowest BCUT2D eigenvalue weighted by molar-refractivity contribution is 0.0169. The summed E-state index contributed by atoms with van der Waals surface area (Å²) in [6, 6.07) is 6.23. The molecule has 1 heterocycles. The average molecular weight is 460 g/mol. The molecule has 0 unspecified atom stereocenters. The highest BCUT2D eigenvalue weighted by molar-refractivity contribution is 9.10. The minimum atomic E-state index is -0.872. The van der Waals surface area contributed by atoms with Crippen molar-refractivity contribution in [2.75, 3.05) is 24.3 Å². The van der Waals surface area contributed by atoms with Crippen LogP contribution in [0.4, 0.5) is 21.6 Å². The Bertz CT molecular complexity index is 1010. The number of nitrogens with zero attached hydrogens (tertiary/aromatic N) is 1. The number of fused-ring (bicyclic) bond motifs is 1. The van der Waals surface area contributed by atoms with Crippen LogP contribution in [0.15, 0.2) is 33.3 Å². The summed E-state index contributed by atoms with van der Waals surface area (Å²) in [5.74, 6) is -1.70. The SMILES string of the molecule is Nc1noc2c(F)c(Nc3ccc(Br)cc3Cl)c(C(=O)NOCCO)cc12. The van der Waals surface area contributed by atoms with Gasteiger partial charge in [0, 0.05) is 4.47 Å². The van der Waals surface area contributed by atoms with Crippen molar-refractivity contribution in [2.45, 2.75) is 0 Å². The van der Waals surface area contributed by atoms with Crippen molar-refractivity contribution in [2.24, 2.45) is 0 Å². The Morgan fingerprint density at radius 1 is 1.44 bits per heavy atom. The summed E-state index contributed by atoms with van der Waals surface area (Å²) in [6.45, 7) is -0.431. The third kappa shape index (κ3) is 3.98.